The SMILES string of the molecule is CCOC(=O)C1=NC(c2ccc(Cl)c(OC)c2F)CC(N)=C1. The Balaban J connectivity index is 2.41. The van der Waals surface area contributed by atoms with Crippen molar-refractivity contribution in [2.45, 2.75) is 19.4 Å². The van der Waals surface area contributed by atoms with E-state index in [1.54, 1.807) is 6.92 Å². The highest BCUT2D eigenvalue weighted by Gasteiger charge is 2.25. The van der Waals surface area contributed by atoms with Crippen LogP contribution < -0.4 is 10.5 Å². The van der Waals surface area contributed by atoms with E-state index >= 15 is 0 Å². The third kappa shape index (κ3) is 3.22. The van der Waals surface area contributed by atoms with Gasteiger partial charge in [0.2, 0.25) is 0 Å². The highest BCUT2D eigenvalue weighted by molar-refractivity contribution is 6.41. The molecule has 22 heavy (non-hydrogen) atoms. The van der Waals surface area contributed by atoms with Crippen LogP contribution in [0.2, 0.25) is 5.02 Å². The van der Waals surface area contributed by atoms with Crippen LogP contribution in [-0.2, 0) is 9.53 Å². The number of dihydropyridines is 1. The van der Waals surface area contributed by atoms with Gasteiger partial charge in [0.15, 0.2) is 11.6 Å². The second kappa shape index (κ2) is 6.79. The monoisotopic (exact) mass is 326 g/mol. The lowest BCUT2D eigenvalue weighted by molar-refractivity contribution is -0.134. The molecular formula is C15H16ClFN2O3. The molecule has 0 bridgehead atoms. The average Bonchev–Trinajstić information content (AvgIpc) is 2.47. The topological polar surface area (TPSA) is 73.9 Å². The Morgan fingerprint density at radius 1 is 1.55 bits per heavy atom. The molecule has 0 radical (unpaired) electrons. The highest BCUT2D eigenvalue weighted by atomic mass is 35.5. The molecule has 0 spiro atoms. The van der Waals surface area contributed by atoms with Crippen molar-refractivity contribution in [2.24, 2.45) is 10.7 Å². The van der Waals surface area contributed by atoms with Gasteiger partial charge >= 0.3 is 5.97 Å². The van der Waals surface area contributed by atoms with Crippen molar-refractivity contribution in [3.8, 4) is 5.75 Å². The predicted molar refractivity (Wildman–Crippen MR) is 81.7 cm³/mol. The molecule has 0 saturated heterocycles. The molecule has 2 N–H and O–H groups in total. The summed E-state index contributed by atoms with van der Waals surface area (Å²) in [5.41, 5.74) is 6.59. The van der Waals surface area contributed by atoms with Crippen molar-refractivity contribution < 1.29 is 18.7 Å². The number of esters is 1. The molecule has 7 heteroatoms. The summed E-state index contributed by atoms with van der Waals surface area (Å²) in [6.07, 6.45) is 1.74. The maximum atomic E-state index is 14.5. The lowest BCUT2D eigenvalue weighted by Crippen LogP contribution is -2.22. The fraction of sp³-hybridized carbons (Fsp3) is 0.333. The Hall–Kier alpha value is -2.08. The zero-order valence-corrected chi connectivity index (χ0v) is 13.0. The molecule has 0 fully saturated rings. The molecule has 1 aliphatic rings. The zero-order chi connectivity index (χ0) is 16.3. The molecule has 0 aromatic heterocycles. The van der Waals surface area contributed by atoms with Gasteiger partial charge in [-0.05, 0) is 19.1 Å². The number of nitrogens with zero attached hydrogens (tertiary/aromatic N) is 1. The Morgan fingerprint density at radius 2 is 2.27 bits per heavy atom. The summed E-state index contributed by atoms with van der Waals surface area (Å²) in [7, 11) is 1.33. The molecule has 5 nitrogen and oxygen atoms in total. The van der Waals surface area contributed by atoms with Crippen LogP contribution in [0.15, 0.2) is 28.9 Å². The number of methoxy groups -OCH3 is 1. The van der Waals surface area contributed by atoms with Gasteiger partial charge in [0.05, 0.1) is 24.8 Å². The summed E-state index contributed by atoms with van der Waals surface area (Å²) in [6.45, 7) is 1.91. The summed E-state index contributed by atoms with van der Waals surface area (Å²) < 4.78 is 24.3. The van der Waals surface area contributed by atoms with Crippen molar-refractivity contribution in [1.29, 1.82) is 0 Å². The van der Waals surface area contributed by atoms with E-state index in [-0.39, 0.29) is 28.7 Å². The van der Waals surface area contributed by atoms with Gasteiger partial charge in [0.25, 0.3) is 0 Å². The van der Waals surface area contributed by atoms with Crippen LogP contribution in [0.5, 0.6) is 5.75 Å². The summed E-state index contributed by atoms with van der Waals surface area (Å²) in [6, 6.07) is 2.40. The first-order chi connectivity index (χ1) is 10.5. The molecule has 1 aromatic rings. The quantitative estimate of drug-likeness (QED) is 0.863. The molecule has 118 valence electrons. The van der Waals surface area contributed by atoms with E-state index < -0.39 is 17.8 Å². The van der Waals surface area contributed by atoms with Crippen molar-refractivity contribution in [2.75, 3.05) is 13.7 Å². The number of hydrogen-bond acceptors (Lipinski definition) is 5. The number of aliphatic imine (C=N–C) groups is 1. The number of carbonyl (C=O) groups excluding carboxylic acids is 1. The van der Waals surface area contributed by atoms with Crippen LogP contribution in [0.25, 0.3) is 0 Å². The molecule has 1 heterocycles. The minimum atomic E-state index is -0.629. The van der Waals surface area contributed by atoms with Gasteiger partial charge < -0.3 is 15.2 Å². The van der Waals surface area contributed by atoms with Gasteiger partial charge in [-0.1, -0.05) is 17.7 Å². The summed E-state index contributed by atoms with van der Waals surface area (Å²) in [4.78, 5) is 16.0. The minimum absolute atomic E-state index is 0.0554. The van der Waals surface area contributed by atoms with Crippen molar-refractivity contribution in [3.63, 3.8) is 0 Å². The number of hydrogen-bond donors (Lipinski definition) is 1. The molecule has 0 aliphatic carbocycles. The third-order valence-corrected chi connectivity index (χ3v) is 3.47. The standard InChI is InChI=1S/C15H16ClFN2O3/c1-3-22-15(20)12-7-8(18)6-11(19-12)9-4-5-10(16)14(21-2)13(9)17/h4-5,7,11H,3,6,18H2,1-2H3. The molecule has 1 aliphatic heterocycles. The third-order valence-electron chi connectivity index (χ3n) is 3.17. The van der Waals surface area contributed by atoms with Gasteiger partial charge in [-0.2, -0.15) is 0 Å². The van der Waals surface area contributed by atoms with E-state index in [0.717, 1.165) is 0 Å². The zero-order valence-electron chi connectivity index (χ0n) is 12.2. The van der Waals surface area contributed by atoms with Gasteiger partial charge in [-0.3, -0.25) is 4.99 Å². The van der Waals surface area contributed by atoms with Crippen LogP contribution in [0.4, 0.5) is 4.39 Å². The van der Waals surface area contributed by atoms with Crippen molar-refractivity contribution in [3.05, 3.63) is 40.3 Å². The fourth-order valence-corrected chi connectivity index (χ4v) is 2.42. The molecule has 2 rings (SSSR count). The van der Waals surface area contributed by atoms with Crippen LogP contribution in [0, 0.1) is 5.82 Å². The number of nitrogens with two attached hydrogens (primary N) is 1. The lowest BCUT2D eigenvalue weighted by atomic mass is 9.98. The molecule has 0 amide bonds. The van der Waals surface area contributed by atoms with E-state index in [2.05, 4.69) is 4.99 Å². The Morgan fingerprint density at radius 3 is 2.91 bits per heavy atom. The van der Waals surface area contributed by atoms with E-state index in [4.69, 9.17) is 26.8 Å². The predicted octanol–water partition coefficient (Wildman–Crippen LogP) is 2.78. The number of benzene rings is 1. The molecule has 1 atom stereocenters. The second-order valence-corrected chi connectivity index (χ2v) is 5.07. The first-order valence-corrected chi connectivity index (χ1v) is 7.08. The van der Waals surface area contributed by atoms with E-state index in [0.29, 0.717) is 12.1 Å². The molecule has 1 aromatic carbocycles. The van der Waals surface area contributed by atoms with E-state index in [9.17, 15) is 9.18 Å². The van der Waals surface area contributed by atoms with Crippen LogP contribution in [-0.4, -0.2) is 25.4 Å². The normalized spacial score (nSPS) is 17.5. The second-order valence-electron chi connectivity index (χ2n) is 4.66. The van der Waals surface area contributed by atoms with Crippen LogP contribution in [0.1, 0.15) is 24.9 Å². The van der Waals surface area contributed by atoms with Crippen LogP contribution in [0.3, 0.4) is 0 Å². The number of halogens is 2. The Labute approximate surface area is 132 Å². The highest BCUT2D eigenvalue weighted by Crippen LogP contribution is 2.36. The smallest absolute Gasteiger partial charge is 0.356 e. The fourth-order valence-electron chi connectivity index (χ4n) is 2.20. The maximum absolute atomic E-state index is 14.5. The van der Waals surface area contributed by atoms with Crippen molar-refractivity contribution in [1.82, 2.24) is 0 Å². The van der Waals surface area contributed by atoms with E-state index in [1.807, 2.05) is 0 Å². The average molecular weight is 327 g/mol. The first kappa shape index (κ1) is 16.3. The lowest BCUT2D eigenvalue weighted by Gasteiger charge is -2.20. The van der Waals surface area contributed by atoms with Crippen LogP contribution >= 0.6 is 11.6 Å². The number of carbonyl (C=O) groups is 1. The summed E-state index contributed by atoms with van der Waals surface area (Å²) in [5.74, 6) is -1.25. The van der Waals surface area contributed by atoms with Gasteiger partial charge in [0, 0.05) is 17.7 Å². The van der Waals surface area contributed by atoms with Gasteiger partial charge in [-0.25, -0.2) is 9.18 Å². The number of rotatable bonds is 4. The summed E-state index contributed by atoms with van der Waals surface area (Å²) in [5, 5.41) is 0.165. The molecular weight excluding hydrogens is 311 g/mol. The molecule has 0 saturated carbocycles. The van der Waals surface area contributed by atoms with E-state index in [1.165, 1.54) is 25.3 Å². The maximum Gasteiger partial charge on any atom is 0.356 e. The molecule has 1 unspecified atom stereocenters. The van der Waals surface area contributed by atoms with Gasteiger partial charge in [0.1, 0.15) is 5.71 Å². The number of ether oxygens (including phenoxy) is 2. The minimum Gasteiger partial charge on any atom is -0.492 e. The van der Waals surface area contributed by atoms with Crippen molar-refractivity contribution >= 4 is 23.3 Å². The largest absolute Gasteiger partial charge is 0.492 e. The van der Waals surface area contributed by atoms with Gasteiger partial charge in [-0.15, -0.1) is 0 Å². The summed E-state index contributed by atoms with van der Waals surface area (Å²) >= 11 is 5.88. The Bertz CT molecular complexity index is 658. The Kier molecular flexibility index (Phi) is 5.03. The first-order valence-electron chi connectivity index (χ1n) is 6.70.